The van der Waals surface area contributed by atoms with Crippen LogP contribution in [0.25, 0.3) is 0 Å². The van der Waals surface area contributed by atoms with Crippen molar-refractivity contribution in [3.63, 3.8) is 0 Å². The number of thiocarbonyl (C=S) groups is 1. The summed E-state index contributed by atoms with van der Waals surface area (Å²) < 4.78 is 5.72. The predicted molar refractivity (Wildman–Crippen MR) is 74.4 cm³/mol. The molecule has 0 aliphatic carbocycles. The van der Waals surface area contributed by atoms with Crippen LogP contribution in [0.15, 0.2) is 24.3 Å². The largest absolute Gasteiger partial charge is 0.389 e. The third kappa shape index (κ3) is 3.17. The number of ether oxygens (including phenoxy) is 1. The van der Waals surface area contributed by atoms with Crippen molar-refractivity contribution in [1.82, 2.24) is 0 Å². The van der Waals surface area contributed by atoms with Gasteiger partial charge in [0.25, 0.3) is 0 Å². The molecule has 1 saturated heterocycles. The summed E-state index contributed by atoms with van der Waals surface area (Å²) in [5, 5.41) is 3.38. The highest BCUT2D eigenvalue weighted by atomic mass is 32.1. The van der Waals surface area contributed by atoms with Gasteiger partial charge >= 0.3 is 0 Å². The Bertz CT molecular complexity index is 396. The van der Waals surface area contributed by atoms with E-state index < -0.39 is 0 Å². The quantitative estimate of drug-likeness (QED) is 0.805. The first-order valence-corrected chi connectivity index (χ1v) is 6.28. The minimum Gasteiger partial charge on any atom is -0.389 e. The summed E-state index contributed by atoms with van der Waals surface area (Å²) in [6.07, 6.45) is 2.27. The maximum Gasteiger partial charge on any atom is 0.103 e. The maximum absolute atomic E-state index is 5.72. The monoisotopic (exact) mass is 250 g/mol. The third-order valence-corrected chi connectivity index (χ3v) is 3.37. The molecule has 1 aliphatic rings. The lowest BCUT2D eigenvalue weighted by Crippen LogP contribution is -2.32. The standard InChI is InChI=1S/C13H18N2OS/c1-13(7-2-8-16-13)9-15-11-5-3-10(4-6-11)12(14)17/h3-6,15H,2,7-9H2,1H3,(H2,14,17). The summed E-state index contributed by atoms with van der Waals surface area (Å²) in [4.78, 5) is 0.433. The minimum absolute atomic E-state index is 0.0260. The Morgan fingerprint density at radius 3 is 2.71 bits per heavy atom. The summed E-state index contributed by atoms with van der Waals surface area (Å²) in [7, 11) is 0. The van der Waals surface area contributed by atoms with Crippen LogP contribution in [0.1, 0.15) is 25.3 Å². The molecule has 0 spiro atoms. The van der Waals surface area contributed by atoms with Gasteiger partial charge in [0.1, 0.15) is 4.99 Å². The molecule has 0 saturated carbocycles. The Balaban J connectivity index is 1.93. The average Bonchev–Trinajstić information content (AvgIpc) is 2.75. The Morgan fingerprint density at radius 2 is 2.18 bits per heavy atom. The Labute approximate surface area is 107 Å². The first-order valence-electron chi connectivity index (χ1n) is 5.87. The van der Waals surface area contributed by atoms with E-state index in [1.165, 1.54) is 0 Å². The van der Waals surface area contributed by atoms with Gasteiger partial charge in [-0.05, 0) is 44.0 Å². The molecule has 1 atom stereocenters. The second-order valence-corrected chi connectivity index (χ2v) is 5.14. The van der Waals surface area contributed by atoms with Crippen molar-refractivity contribution in [2.24, 2.45) is 5.73 Å². The summed E-state index contributed by atoms with van der Waals surface area (Å²) >= 11 is 4.91. The van der Waals surface area contributed by atoms with Crippen molar-refractivity contribution >= 4 is 22.9 Å². The van der Waals surface area contributed by atoms with Gasteiger partial charge in [-0.1, -0.05) is 12.2 Å². The number of rotatable bonds is 4. The number of nitrogens with one attached hydrogen (secondary N) is 1. The minimum atomic E-state index is -0.0260. The van der Waals surface area contributed by atoms with Crippen molar-refractivity contribution in [2.75, 3.05) is 18.5 Å². The number of nitrogens with two attached hydrogens (primary N) is 1. The van der Waals surface area contributed by atoms with Crippen molar-refractivity contribution in [3.8, 4) is 0 Å². The highest BCUT2D eigenvalue weighted by molar-refractivity contribution is 7.80. The molecular formula is C13H18N2OS. The van der Waals surface area contributed by atoms with Crippen molar-refractivity contribution in [2.45, 2.75) is 25.4 Å². The van der Waals surface area contributed by atoms with Gasteiger partial charge in [-0.25, -0.2) is 0 Å². The average molecular weight is 250 g/mol. The molecular weight excluding hydrogens is 232 g/mol. The molecule has 1 aromatic rings. The predicted octanol–water partition coefficient (Wildman–Crippen LogP) is 2.30. The molecule has 17 heavy (non-hydrogen) atoms. The summed E-state index contributed by atoms with van der Waals surface area (Å²) in [6.45, 7) is 3.86. The molecule has 0 aromatic heterocycles. The van der Waals surface area contributed by atoms with Gasteiger partial charge in [-0.15, -0.1) is 0 Å². The molecule has 0 amide bonds. The van der Waals surface area contributed by atoms with E-state index in [0.29, 0.717) is 4.99 Å². The van der Waals surface area contributed by atoms with E-state index in [9.17, 15) is 0 Å². The smallest absolute Gasteiger partial charge is 0.103 e. The molecule has 2 rings (SSSR count). The van der Waals surface area contributed by atoms with Crippen molar-refractivity contribution < 1.29 is 4.74 Å². The highest BCUT2D eigenvalue weighted by Crippen LogP contribution is 2.25. The van der Waals surface area contributed by atoms with Crippen molar-refractivity contribution in [1.29, 1.82) is 0 Å². The lowest BCUT2D eigenvalue weighted by molar-refractivity contribution is 0.0315. The molecule has 3 nitrogen and oxygen atoms in total. The van der Waals surface area contributed by atoms with E-state index in [4.69, 9.17) is 22.7 Å². The van der Waals surface area contributed by atoms with Crippen LogP contribution in [0.5, 0.6) is 0 Å². The van der Waals surface area contributed by atoms with Crippen LogP contribution >= 0.6 is 12.2 Å². The lowest BCUT2D eigenvalue weighted by atomic mass is 10.0. The van der Waals surface area contributed by atoms with Crippen molar-refractivity contribution in [3.05, 3.63) is 29.8 Å². The molecule has 4 heteroatoms. The molecule has 1 fully saturated rings. The molecule has 0 bridgehead atoms. The Hall–Kier alpha value is -1.13. The van der Waals surface area contributed by atoms with Crippen LogP contribution in [0.3, 0.4) is 0 Å². The highest BCUT2D eigenvalue weighted by Gasteiger charge is 2.29. The fourth-order valence-electron chi connectivity index (χ4n) is 2.02. The molecule has 92 valence electrons. The third-order valence-electron chi connectivity index (χ3n) is 3.14. The summed E-state index contributed by atoms with van der Waals surface area (Å²) in [6, 6.07) is 7.85. The van der Waals surface area contributed by atoms with E-state index in [2.05, 4.69) is 12.2 Å². The zero-order chi connectivity index (χ0) is 12.3. The fourth-order valence-corrected chi connectivity index (χ4v) is 2.15. The van der Waals surface area contributed by atoms with Gasteiger partial charge in [-0.2, -0.15) is 0 Å². The van der Waals surface area contributed by atoms with Crippen LogP contribution in [-0.4, -0.2) is 23.7 Å². The van der Waals surface area contributed by atoms with E-state index in [1.807, 2.05) is 24.3 Å². The van der Waals surface area contributed by atoms with Gasteiger partial charge < -0.3 is 15.8 Å². The number of hydrogen-bond donors (Lipinski definition) is 2. The van der Waals surface area contributed by atoms with E-state index in [0.717, 1.165) is 37.2 Å². The van der Waals surface area contributed by atoms with Gasteiger partial charge in [0.05, 0.1) is 5.60 Å². The van der Waals surface area contributed by atoms with E-state index in [-0.39, 0.29) is 5.60 Å². The normalized spacial score (nSPS) is 23.6. The Morgan fingerprint density at radius 1 is 1.47 bits per heavy atom. The first-order chi connectivity index (χ1) is 8.09. The molecule has 1 heterocycles. The second kappa shape index (κ2) is 5.02. The number of hydrogen-bond acceptors (Lipinski definition) is 3. The van der Waals surface area contributed by atoms with E-state index in [1.54, 1.807) is 0 Å². The summed E-state index contributed by atoms with van der Waals surface area (Å²) in [5.41, 5.74) is 7.49. The number of anilines is 1. The second-order valence-electron chi connectivity index (χ2n) is 4.70. The topological polar surface area (TPSA) is 47.3 Å². The number of benzene rings is 1. The van der Waals surface area contributed by atoms with Gasteiger partial charge in [0.2, 0.25) is 0 Å². The molecule has 1 unspecified atom stereocenters. The maximum atomic E-state index is 5.72. The Kier molecular flexibility index (Phi) is 3.64. The van der Waals surface area contributed by atoms with Crippen LogP contribution in [-0.2, 0) is 4.74 Å². The van der Waals surface area contributed by atoms with Crippen LogP contribution in [0, 0.1) is 0 Å². The van der Waals surface area contributed by atoms with Gasteiger partial charge in [-0.3, -0.25) is 0 Å². The van der Waals surface area contributed by atoms with Crippen LogP contribution in [0.4, 0.5) is 5.69 Å². The lowest BCUT2D eigenvalue weighted by Gasteiger charge is -2.24. The molecule has 3 N–H and O–H groups in total. The summed E-state index contributed by atoms with van der Waals surface area (Å²) in [5.74, 6) is 0. The zero-order valence-electron chi connectivity index (χ0n) is 10.0. The SMILES string of the molecule is CC1(CNc2ccc(C(N)=S)cc2)CCCO1. The molecule has 1 aromatic carbocycles. The fraction of sp³-hybridized carbons (Fsp3) is 0.462. The zero-order valence-corrected chi connectivity index (χ0v) is 10.8. The van der Waals surface area contributed by atoms with Crippen LogP contribution < -0.4 is 11.1 Å². The van der Waals surface area contributed by atoms with Crippen LogP contribution in [0.2, 0.25) is 0 Å². The molecule has 0 radical (unpaired) electrons. The van der Waals surface area contributed by atoms with E-state index >= 15 is 0 Å². The molecule has 1 aliphatic heterocycles. The van der Waals surface area contributed by atoms with Gasteiger partial charge in [0.15, 0.2) is 0 Å². The first kappa shape index (κ1) is 12.3. The van der Waals surface area contributed by atoms with Gasteiger partial charge in [0, 0.05) is 24.4 Å².